The van der Waals surface area contributed by atoms with Gasteiger partial charge in [-0.15, -0.1) is 0 Å². The minimum absolute atomic E-state index is 0.169. The van der Waals surface area contributed by atoms with Crippen LogP contribution in [-0.2, 0) is 9.59 Å². The SMILES string of the molecule is CCCC(=O)C1CCCCC1=O. The van der Waals surface area contributed by atoms with Gasteiger partial charge in [0.25, 0.3) is 0 Å². The van der Waals surface area contributed by atoms with Gasteiger partial charge in [0.15, 0.2) is 0 Å². The van der Waals surface area contributed by atoms with E-state index in [0.717, 1.165) is 25.7 Å². The average molecular weight is 168 g/mol. The lowest BCUT2D eigenvalue weighted by Crippen LogP contribution is -2.26. The summed E-state index contributed by atoms with van der Waals surface area (Å²) >= 11 is 0. The minimum atomic E-state index is -0.237. The van der Waals surface area contributed by atoms with E-state index in [9.17, 15) is 9.59 Å². The molecule has 1 saturated carbocycles. The highest BCUT2D eigenvalue weighted by atomic mass is 16.1. The number of carbonyl (C=O) groups is 2. The van der Waals surface area contributed by atoms with Crippen molar-refractivity contribution in [3.05, 3.63) is 0 Å². The maximum atomic E-state index is 11.4. The summed E-state index contributed by atoms with van der Waals surface area (Å²) in [4.78, 5) is 22.7. The van der Waals surface area contributed by atoms with Crippen molar-refractivity contribution < 1.29 is 9.59 Å². The highest BCUT2D eigenvalue weighted by Gasteiger charge is 2.27. The van der Waals surface area contributed by atoms with Crippen LogP contribution in [0.1, 0.15) is 45.4 Å². The van der Waals surface area contributed by atoms with Crippen molar-refractivity contribution in [3.8, 4) is 0 Å². The molecule has 2 heteroatoms. The molecule has 1 fully saturated rings. The summed E-state index contributed by atoms with van der Waals surface area (Å²) in [6.07, 6.45) is 4.90. The fraction of sp³-hybridized carbons (Fsp3) is 0.800. The summed E-state index contributed by atoms with van der Waals surface area (Å²) in [6, 6.07) is 0. The van der Waals surface area contributed by atoms with Gasteiger partial charge in [0.05, 0.1) is 5.92 Å². The first-order chi connectivity index (χ1) is 5.75. The quantitative estimate of drug-likeness (QED) is 0.605. The molecule has 1 unspecified atom stereocenters. The zero-order valence-electron chi connectivity index (χ0n) is 7.64. The van der Waals surface area contributed by atoms with Crippen molar-refractivity contribution in [2.24, 2.45) is 5.92 Å². The van der Waals surface area contributed by atoms with Gasteiger partial charge in [0.2, 0.25) is 0 Å². The van der Waals surface area contributed by atoms with Crippen molar-refractivity contribution in [1.29, 1.82) is 0 Å². The van der Waals surface area contributed by atoms with Crippen molar-refractivity contribution in [2.75, 3.05) is 0 Å². The third kappa shape index (κ3) is 2.16. The van der Waals surface area contributed by atoms with Crippen LogP contribution < -0.4 is 0 Å². The molecule has 68 valence electrons. The van der Waals surface area contributed by atoms with Crippen LogP contribution in [0.25, 0.3) is 0 Å². The Bertz CT molecular complexity index is 184. The van der Waals surface area contributed by atoms with Crippen molar-refractivity contribution in [2.45, 2.75) is 45.4 Å². The molecular formula is C10H16O2. The van der Waals surface area contributed by atoms with Crippen LogP contribution in [-0.4, -0.2) is 11.6 Å². The Hall–Kier alpha value is -0.660. The molecule has 0 saturated heterocycles. The molecule has 1 aliphatic carbocycles. The third-order valence-corrected chi connectivity index (χ3v) is 2.44. The zero-order chi connectivity index (χ0) is 8.97. The second-order valence-corrected chi connectivity index (χ2v) is 3.48. The summed E-state index contributed by atoms with van der Waals surface area (Å²) in [5, 5.41) is 0. The van der Waals surface area contributed by atoms with Gasteiger partial charge in [0.1, 0.15) is 11.6 Å². The summed E-state index contributed by atoms with van der Waals surface area (Å²) in [5.74, 6) is 0.112. The van der Waals surface area contributed by atoms with Crippen LogP contribution in [0.3, 0.4) is 0 Å². The average Bonchev–Trinajstić information content (AvgIpc) is 2.05. The van der Waals surface area contributed by atoms with Crippen LogP contribution in [0.15, 0.2) is 0 Å². The van der Waals surface area contributed by atoms with Gasteiger partial charge in [-0.25, -0.2) is 0 Å². The molecule has 2 nitrogen and oxygen atoms in total. The van der Waals surface area contributed by atoms with Gasteiger partial charge in [0, 0.05) is 12.8 Å². The maximum Gasteiger partial charge on any atom is 0.143 e. The Kier molecular flexibility index (Phi) is 3.45. The number of hydrogen-bond acceptors (Lipinski definition) is 2. The molecule has 0 amide bonds. The van der Waals surface area contributed by atoms with E-state index in [1.807, 2.05) is 6.92 Å². The predicted octanol–water partition coefficient (Wildman–Crippen LogP) is 2.11. The Labute approximate surface area is 73.3 Å². The third-order valence-electron chi connectivity index (χ3n) is 2.44. The number of rotatable bonds is 3. The smallest absolute Gasteiger partial charge is 0.143 e. The lowest BCUT2D eigenvalue weighted by atomic mass is 9.84. The van der Waals surface area contributed by atoms with E-state index in [4.69, 9.17) is 0 Å². The molecule has 0 aromatic carbocycles. The molecular weight excluding hydrogens is 152 g/mol. The van der Waals surface area contributed by atoms with E-state index in [2.05, 4.69) is 0 Å². The van der Waals surface area contributed by atoms with Crippen molar-refractivity contribution in [1.82, 2.24) is 0 Å². The molecule has 12 heavy (non-hydrogen) atoms. The molecule has 0 bridgehead atoms. The van der Waals surface area contributed by atoms with E-state index in [1.165, 1.54) is 0 Å². The molecule has 0 radical (unpaired) electrons. The second kappa shape index (κ2) is 4.39. The van der Waals surface area contributed by atoms with E-state index in [1.54, 1.807) is 0 Å². The Morgan fingerprint density at radius 1 is 1.50 bits per heavy atom. The van der Waals surface area contributed by atoms with Gasteiger partial charge in [-0.3, -0.25) is 9.59 Å². The number of Topliss-reactive ketones (excluding diaryl/α,β-unsaturated/α-hetero) is 2. The van der Waals surface area contributed by atoms with E-state index >= 15 is 0 Å². The Morgan fingerprint density at radius 2 is 2.25 bits per heavy atom. The van der Waals surface area contributed by atoms with Gasteiger partial charge < -0.3 is 0 Å². The Morgan fingerprint density at radius 3 is 2.83 bits per heavy atom. The molecule has 0 aromatic heterocycles. The second-order valence-electron chi connectivity index (χ2n) is 3.48. The molecule has 0 N–H and O–H groups in total. The monoisotopic (exact) mass is 168 g/mol. The first-order valence-corrected chi connectivity index (χ1v) is 4.81. The van der Waals surface area contributed by atoms with Gasteiger partial charge in [-0.1, -0.05) is 13.3 Å². The largest absolute Gasteiger partial charge is 0.299 e. The fourth-order valence-electron chi connectivity index (χ4n) is 1.74. The molecule has 1 rings (SSSR count). The standard InChI is InChI=1S/C10H16O2/c1-2-5-9(11)8-6-3-4-7-10(8)12/h8H,2-7H2,1H3. The van der Waals surface area contributed by atoms with E-state index < -0.39 is 0 Å². The molecule has 0 aromatic rings. The summed E-state index contributed by atoms with van der Waals surface area (Å²) < 4.78 is 0. The minimum Gasteiger partial charge on any atom is -0.299 e. The number of ketones is 2. The molecule has 0 spiro atoms. The molecule has 1 atom stereocenters. The Balaban J connectivity index is 2.48. The number of hydrogen-bond donors (Lipinski definition) is 0. The van der Waals surface area contributed by atoms with E-state index in [-0.39, 0.29) is 17.5 Å². The highest BCUT2D eigenvalue weighted by molar-refractivity contribution is 6.02. The van der Waals surface area contributed by atoms with Crippen LogP contribution >= 0.6 is 0 Å². The van der Waals surface area contributed by atoms with Crippen molar-refractivity contribution >= 4 is 11.6 Å². The highest BCUT2D eigenvalue weighted by Crippen LogP contribution is 2.22. The summed E-state index contributed by atoms with van der Waals surface area (Å²) in [5.41, 5.74) is 0. The number of carbonyl (C=O) groups excluding carboxylic acids is 2. The van der Waals surface area contributed by atoms with Crippen LogP contribution in [0.4, 0.5) is 0 Å². The molecule has 1 aliphatic rings. The molecule has 0 heterocycles. The van der Waals surface area contributed by atoms with Crippen LogP contribution in [0.2, 0.25) is 0 Å². The van der Waals surface area contributed by atoms with Gasteiger partial charge >= 0.3 is 0 Å². The lowest BCUT2D eigenvalue weighted by molar-refractivity contribution is -0.134. The normalized spacial score (nSPS) is 24.1. The summed E-state index contributed by atoms with van der Waals surface area (Å²) in [6.45, 7) is 1.98. The first kappa shape index (κ1) is 9.43. The van der Waals surface area contributed by atoms with Gasteiger partial charge in [-0.2, -0.15) is 0 Å². The maximum absolute atomic E-state index is 11.4. The summed E-state index contributed by atoms with van der Waals surface area (Å²) in [7, 11) is 0. The van der Waals surface area contributed by atoms with Crippen LogP contribution in [0.5, 0.6) is 0 Å². The zero-order valence-corrected chi connectivity index (χ0v) is 7.64. The lowest BCUT2D eigenvalue weighted by Gasteiger charge is -2.18. The molecule has 0 aliphatic heterocycles. The fourth-order valence-corrected chi connectivity index (χ4v) is 1.74. The van der Waals surface area contributed by atoms with Gasteiger partial charge in [-0.05, 0) is 19.3 Å². The van der Waals surface area contributed by atoms with Crippen LogP contribution in [0, 0.1) is 5.92 Å². The predicted molar refractivity (Wildman–Crippen MR) is 46.9 cm³/mol. The first-order valence-electron chi connectivity index (χ1n) is 4.81. The topological polar surface area (TPSA) is 34.1 Å². The van der Waals surface area contributed by atoms with E-state index in [0.29, 0.717) is 12.8 Å². The van der Waals surface area contributed by atoms with Crippen molar-refractivity contribution in [3.63, 3.8) is 0 Å².